The van der Waals surface area contributed by atoms with Crippen LogP contribution >= 0.6 is 0 Å². The van der Waals surface area contributed by atoms with Crippen molar-refractivity contribution in [3.05, 3.63) is 40.3 Å². The number of para-hydroxylation sites is 1. The number of nitrogens with zero attached hydrogens (tertiary/aromatic N) is 3. The summed E-state index contributed by atoms with van der Waals surface area (Å²) in [5.41, 5.74) is 9.51. The predicted molar refractivity (Wildman–Crippen MR) is 45.5 cm³/mol. The van der Waals surface area contributed by atoms with Gasteiger partial charge in [-0.3, -0.25) is 10.0 Å². The fraction of sp³-hybridized carbons (Fsp3) is 0. The van der Waals surface area contributed by atoms with Crippen molar-refractivity contribution in [2.24, 2.45) is 5.28 Å². The van der Waals surface area contributed by atoms with E-state index in [-0.39, 0.29) is 11.3 Å². The second-order valence-corrected chi connectivity index (χ2v) is 2.20. The van der Waals surface area contributed by atoms with Crippen molar-refractivity contribution in [1.82, 2.24) is 5.48 Å². The predicted octanol–water partition coefficient (Wildman–Crippen LogP) is 1.41. The number of hydrogen-bond acceptors (Lipinski definition) is 4. The third kappa shape index (κ3) is 2.13. The van der Waals surface area contributed by atoms with Gasteiger partial charge in [-0.05, 0) is 17.7 Å². The number of hydrogen-bond donors (Lipinski definition) is 2. The average Bonchev–Trinajstić information content (AvgIpc) is 2.25. The Kier molecular flexibility index (Phi) is 3.31. The molecule has 0 saturated heterocycles. The molecule has 0 atom stereocenters. The lowest BCUT2D eigenvalue weighted by Gasteiger charge is -2.03. The Hall–Kier alpha value is -2.24. The number of benzene rings is 1. The van der Waals surface area contributed by atoms with Crippen molar-refractivity contribution in [3.63, 3.8) is 0 Å². The van der Waals surface area contributed by atoms with E-state index in [1.807, 2.05) is 0 Å². The van der Waals surface area contributed by atoms with Crippen molar-refractivity contribution in [1.29, 1.82) is 0 Å². The minimum Gasteiger partial charge on any atom is -0.393 e. The largest absolute Gasteiger partial charge is 0.393 e. The maximum atomic E-state index is 11.0. The molecule has 0 aliphatic rings. The quantitative estimate of drug-likeness (QED) is 0.249. The van der Waals surface area contributed by atoms with Crippen LogP contribution in [-0.4, -0.2) is 11.1 Å². The van der Waals surface area contributed by atoms with Crippen LogP contribution in [0.15, 0.2) is 29.5 Å². The van der Waals surface area contributed by atoms with Crippen molar-refractivity contribution in [2.45, 2.75) is 0 Å². The van der Waals surface area contributed by atoms with Crippen molar-refractivity contribution in [2.75, 3.05) is 0 Å². The minimum absolute atomic E-state index is 0.0665. The van der Waals surface area contributed by atoms with Crippen LogP contribution in [0.25, 0.3) is 10.4 Å². The molecule has 0 radical (unpaired) electrons. The topological polar surface area (TPSA) is 107 Å². The zero-order valence-electron chi connectivity index (χ0n) is 6.91. The Bertz CT molecular complexity index is 386. The molecule has 0 heterocycles. The van der Waals surface area contributed by atoms with Crippen LogP contribution in [0.3, 0.4) is 0 Å². The van der Waals surface area contributed by atoms with Gasteiger partial charge in [0.25, 0.3) is 5.91 Å². The molecule has 2 N–H and O–H groups in total. The molecule has 7 heteroatoms. The zero-order chi connectivity index (χ0) is 10.4. The molecular formula is C7H6N4O3. The monoisotopic (exact) mass is 194 g/mol. The highest BCUT2D eigenvalue weighted by atomic mass is 16.6. The number of hydroxylamine groups is 1. The Labute approximate surface area is 78.5 Å². The first-order chi connectivity index (χ1) is 6.79. The molecule has 14 heavy (non-hydrogen) atoms. The average molecular weight is 194 g/mol. The summed E-state index contributed by atoms with van der Waals surface area (Å²) in [6, 6.07) is 6.01. The summed E-state index contributed by atoms with van der Waals surface area (Å²) in [5, 5.41) is 11.2. The Morgan fingerprint density at radius 2 is 2.29 bits per heavy atom. The van der Waals surface area contributed by atoms with Gasteiger partial charge in [-0.2, -0.15) is 0 Å². The van der Waals surface area contributed by atoms with Gasteiger partial charge >= 0.3 is 0 Å². The SMILES string of the molecule is [N-]=[N+]=NOc1ccccc1C(=O)NO. The van der Waals surface area contributed by atoms with Gasteiger partial charge in [-0.25, -0.2) is 5.48 Å². The summed E-state index contributed by atoms with van der Waals surface area (Å²) in [5.74, 6) is -0.675. The van der Waals surface area contributed by atoms with Gasteiger partial charge in [0, 0.05) is 4.91 Å². The Morgan fingerprint density at radius 3 is 2.93 bits per heavy atom. The fourth-order valence-corrected chi connectivity index (χ4v) is 0.856. The fourth-order valence-electron chi connectivity index (χ4n) is 0.856. The molecule has 1 aromatic carbocycles. The van der Waals surface area contributed by atoms with Gasteiger partial charge in [0.05, 0.1) is 5.56 Å². The van der Waals surface area contributed by atoms with E-state index in [0.29, 0.717) is 0 Å². The minimum atomic E-state index is -0.742. The van der Waals surface area contributed by atoms with Crippen molar-refractivity contribution in [3.8, 4) is 5.75 Å². The lowest BCUT2D eigenvalue weighted by molar-refractivity contribution is 0.0702. The van der Waals surface area contributed by atoms with Gasteiger partial charge in [0.1, 0.15) is 11.0 Å². The molecule has 1 rings (SSSR count). The molecule has 1 aromatic rings. The number of azide groups is 1. The maximum absolute atomic E-state index is 11.0. The first-order valence-electron chi connectivity index (χ1n) is 3.54. The van der Waals surface area contributed by atoms with Gasteiger partial charge in [-0.1, -0.05) is 12.1 Å². The summed E-state index contributed by atoms with van der Waals surface area (Å²) in [7, 11) is 0. The highest BCUT2D eigenvalue weighted by Gasteiger charge is 2.10. The van der Waals surface area contributed by atoms with Gasteiger partial charge in [-0.15, -0.1) is 0 Å². The van der Waals surface area contributed by atoms with E-state index in [0.717, 1.165) is 0 Å². The van der Waals surface area contributed by atoms with Gasteiger partial charge in [0.2, 0.25) is 0 Å². The van der Waals surface area contributed by atoms with E-state index in [9.17, 15) is 4.79 Å². The molecule has 0 bridgehead atoms. The normalized spacial score (nSPS) is 8.64. The van der Waals surface area contributed by atoms with Crippen molar-refractivity contribution >= 4 is 5.91 Å². The first-order valence-corrected chi connectivity index (χ1v) is 3.54. The first kappa shape index (κ1) is 9.85. The van der Waals surface area contributed by atoms with Crippen LogP contribution in [0.5, 0.6) is 5.75 Å². The molecule has 0 saturated carbocycles. The summed E-state index contributed by atoms with van der Waals surface area (Å²) < 4.78 is 0. The van der Waals surface area contributed by atoms with Crippen molar-refractivity contribution < 1.29 is 14.8 Å². The highest BCUT2D eigenvalue weighted by Crippen LogP contribution is 2.17. The molecule has 7 nitrogen and oxygen atoms in total. The molecule has 1 amide bonds. The van der Waals surface area contributed by atoms with E-state index >= 15 is 0 Å². The number of nitrogens with one attached hydrogen (secondary N) is 1. The molecule has 72 valence electrons. The second-order valence-electron chi connectivity index (χ2n) is 2.20. The van der Waals surface area contributed by atoms with Crippen LogP contribution in [-0.2, 0) is 0 Å². The smallest absolute Gasteiger partial charge is 0.278 e. The van der Waals surface area contributed by atoms with E-state index in [1.165, 1.54) is 17.6 Å². The van der Waals surface area contributed by atoms with Gasteiger partial charge in [0.15, 0.2) is 0 Å². The number of carbonyl (C=O) groups excluding carboxylic acids is 1. The summed E-state index contributed by atoms with van der Waals surface area (Å²) in [6.45, 7) is 0. The second kappa shape index (κ2) is 4.70. The molecule has 0 aromatic heterocycles. The third-order valence-electron chi connectivity index (χ3n) is 1.41. The molecule has 0 spiro atoms. The summed E-state index contributed by atoms with van der Waals surface area (Å²) >= 11 is 0. The highest BCUT2D eigenvalue weighted by molar-refractivity contribution is 5.96. The zero-order valence-corrected chi connectivity index (χ0v) is 6.91. The standard InChI is InChI=1S/C7H6N4O3/c8-10-11-14-6-4-2-1-3-5(6)7(12)9-13/h1-4,13H,(H,9,12). The lowest BCUT2D eigenvalue weighted by atomic mass is 10.2. The van der Waals surface area contributed by atoms with E-state index in [1.54, 1.807) is 12.1 Å². The lowest BCUT2D eigenvalue weighted by Crippen LogP contribution is -2.19. The third-order valence-corrected chi connectivity index (χ3v) is 1.41. The molecule has 0 aliphatic carbocycles. The summed E-state index contributed by atoms with van der Waals surface area (Å²) in [4.78, 5) is 17.9. The van der Waals surface area contributed by atoms with E-state index in [2.05, 4.69) is 15.0 Å². The number of rotatable bonds is 3. The van der Waals surface area contributed by atoms with Crippen LogP contribution in [0.1, 0.15) is 10.4 Å². The van der Waals surface area contributed by atoms with E-state index < -0.39 is 5.91 Å². The van der Waals surface area contributed by atoms with Gasteiger partial charge < -0.3 is 4.84 Å². The van der Waals surface area contributed by atoms with Crippen LogP contribution in [0, 0.1) is 0 Å². The molecular weight excluding hydrogens is 188 g/mol. The number of amides is 1. The van der Waals surface area contributed by atoms with Crippen LogP contribution < -0.4 is 10.3 Å². The summed E-state index contributed by atoms with van der Waals surface area (Å²) in [6.07, 6.45) is 0. The van der Waals surface area contributed by atoms with Crippen LogP contribution in [0.2, 0.25) is 0 Å². The Morgan fingerprint density at radius 1 is 1.57 bits per heavy atom. The molecule has 0 fully saturated rings. The number of carbonyl (C=O) groups is 1. The van der Waals surface area contributed by atoms with E-state index in [4.69, 9.17) is 10.7 Å². The molecule has 0 unspecified atom stereocenters. The molecule has 0 aliphatic heterocycles. The van der Waals surface area contributed by atoms with Crippen LogP contribution in [0.4, 0.5) is 0 Å². The maximum Gasteiger partial charge on any atom is 0.278 e. The Balaban J connectivity index is 3.02.